The van der Waals surface area contributed by atoms with Crippen molar-refractivity contribution in [1.82, 2.24) is 14.7 Å². The van der Waals surface area contributed by atoms with Crippen LogP contribution in [0.15, 0.2) is 59.5 Å². The lowest BCUT2D eigenvalue weighted by Crippen LogP contribution is -2.19. The van der Waals surface area contributed by atoms with E-state index in [1.165, 1.54) is 25.2 Å². The Kier molecular flexibility index (Phi) is 6.09. The third-order valence-corrected chi connectivity index (χ3v) is 5.88. The van der Waals surface area contributed by atoms with Crippen molar-refractivity contribution < 1.29 is 13.3 Å². The molecule has 2 aromatic carbocycles. The molecule has 1 heterocycles. The predicted octanol–water partition coefficient (Wildman–Crippen LogP) is 3.44. The third-order valence-electron chi connectivity index (χ3n) is 4.47. The summed E-state index contributed by atoms with van der Waals surface area (Å²) in [7, 11) is -2.18. The van der Waals surface area contributed by atoms with Crippen LogP contribution >= 0.6 is 0 Å². The Hall–Kier alpha value is -3.37. The van der Waals surface area contributed by atoms with Crippen molar-refractivity contribution in [3.05, 3.63) is 76.0 Å². The first-order valence-electron chi connectivity index (χ1n) is 9.10. The summed E-state index contributed by atoms with van der Waals surface area (Å²) in [5.74, 6) is 0.887. The molecule has 1 aromatic heterocycles. The molecule has 3 aromatic rings. The predicted molar refractivity (Wildman–Crippen MR) is 114 cm³/mol. The lowest BCUT2D eigenvalue weighted by molar-refractivity contribution is -0.384. The van der Waals surface area contributed by atoms with Crippen molar-refractivity contribution in [2.45, 2.75) is 24.8 Å². The lowest BCUT2D eigenvalue weighted by Gasteiger charge is -2.17. The maximum Gasteiger partial charge on any atom is 0.270 e. The van der Waals surface area contributed by atoms with Crippen LogP contribution in [-0.2, 0) is 10.0 Å². The van der Waals surface area contributed by atoms with Crippen LogP contribution in [-0.4, -0.2) is 30.4 Å². The standard InChI is InChI=1S/C20H21N5O4S/c1-13-10-19(24-20(22-13)16-7-4-8-17(11-16)25(26)27)23-14(2)15-6-5-9-18(12-15)30(28,29)21-3/h4-12,14,21H,1-3H3,(H,22,23,24). The number of hydrogen-bond donors (Lipinski definition) is 2. The van der Waals surface area contributed by atoms with E-state index in [9.17, 15) is 18.5 Å². The Morgan fingerprint density at radius 1 is 1.07 bits per heavy atom. The van der Waals surface area contributed by atoms with Crippen LogP contribution in [0.1, 0.15) is 24.2 Å². The van der Waals surface area contributed by atoms with Gasteiger partial charge in [-0.25, -0.2) is 23.1 Å². The van der Waals surface area contributed by atoms with Crippen LogP contribution in [0, 0.1) is 17.0 Å². The number of benzene rings is 2. The molecule has 0 saturated heterocycles. The van der Waals surface area contributed by atoms with Crippen molar-refractivity contribution in [2.24, 2.45) is 0 Å². The minimum absolute atomic E-state index is 0.0389. The fraction of sp³-hybridized carbons (Fsp3) is 0.200. The quantitative estimate of drug-likeness (QED) is 0.437. The Morgan fingerprint density at radius 2 is 1.80 bits per heavy atom. The van der Waals surface area contributed by atoms with Gasteiger partial charge in [-0.15, -0.1) is 0 Å². The van der Waals surface area contributed by atoms with Gasteiger partial charge in [0.15, 0.2) is 5.82 Å². The number of non-ortho nitro benzene ring substituents is 1. The molecule has 9 nitrogen and oxygen atoms in total. The number of sulfonamides is 1. The molecule has 3 rings (SSSR count). The molecule has 0 aliphatic carbocycles. The summed E-state index contributed by atoms with van der Waals surface area (Å²) < 4.78 is 26.4. The van der Waals surface area contributed by atoms with Crippen molar-refractivity contribution >= 4 is 21.5 Å². The van der Waals surface area contributed by atoms with Gasteiger partial charge in [-0.05, 0) is 38.6 Å². The first-order chi connectivity index (χ1) is 14.2. The summed E-state index contributed by atoms with van der Waals surface area (Å²) in [5, 5.41) is 14.3. The maximum absolute atomic E-state index is 12.1. The number of nitro groups is 1. The highest BCUT2D eigenvalue weighted by Gasteiger charge is 2.15. The summed E-state index contributed by atoms with van der Waals surface area (Å²) in [6.45, 7) is 3.69. The second-order valence-electron chi connectivity index (χ2n) is 6.67. The van der Waals surface area contributed by atoms with Crippen LogP contribution in [0.2, 0.25) is 0 Å². The highest BCUT2D eigenvalue weighted by Crippen LogP contribution is 2.25. The van der Waals surface area contributed by atoms with Gasteiger partial charge in [0.2, 0.25) is 10.0 Å². The topological polar surface area (TPSA) is 127 Å². The zero-order valence-corrected chi connectivity index (χ0v) is 17.5. The molecule has 1 atom stereocenters. The molecule has 0 fully saturated rings. The van der Waals surface area contributed by atoms with E-state index in [2.05, 4.69) is 20.0 Å². The number of nitrogens with zero attached hydrogens (tertiary/aromatic N) is 3. The highest BCUT2D eigenvalue weighted by molar-refractivity contribution is 7.89. The molecule has 0 aliphatic rings. The van der Waals surface area contributed by atoms with E-state index in [0.29, 0.717) is 22.9 Å². The fourth-order valence-electron chi connectivity index (χ4n) is 2.90. The van der Waals surface area contributed by atoms with E-state index in [-0.39, 0.29) is 16.6 Å². The molecule has 0 aliphatic heterocycles. The van der Waals surface area contributed by atoms with Gasteiger partial charge < -0.3 is 5.32 Å². The molecule has 156 valence electrons. The molecule has 0 radical (unpaired) electrons. The van der Waals surface area contributed by atoms with E-state index in [4.69, 9.17) is 0 Å². The minimum Gasteiger partial charge on any atom is -0.363 e. The SMILES string of the molecule is CNS(=O)(=O)c1cccc(C(C)Nc2cc(C)nc(-c3cccc([N+](=O)[O-])c3)n2)c1. The number of hydrogen-bond acceptors (Lipinski definition) is 7. The van der Waals surface area contributed by atoms with Gasteiger partial charge in [0.1, 0.15) is 5.82 Å². The van der Waals surface area contributed by atoms with Crippen LogP contribution < -0.4 is 10.0 Å². The van der Waals surface area contributed by atoms with E-state index in [1.54, 1.807) is 37.3 Å². The number of anilines is 1. The summed E-state index contributed by atoms with van der Waals surface area (Å²) in [6, 6.07) is 14.3. The van der Waals surface area contributed by atoms with Crippen molar-refractivity contribution in [3.8, 4) is 11.4 Å². The highest BCUT2D eigenvalue weighted by atomic mass is 32.2. The Balaban J connectivity index is 1.90. The average Bonchev–Trinajstić information content (AvgIpc) is 2.73. The first-order valence-corrected chi connectivity index (χ1v) is 10.6. The molecule has 0 spiro atoms. The molecule has 0 amide bonds. The number of aryl methyl sites for hydroxylation is 1. The zero-order chi connectivity index (χ0) is 21.9. The second kappa shape index (κ2) is 8.56. The zero-order valence-electron chi connectivity index (χ0n) is 16.7. The number of aromatic nitrogens is 2. The van der Waals surface area contributed by atoms with E-state index >= 15 is 0 Å². The van der Waals surface area contributed by atoms with Gasteiger partial charge in [-0.1, -0.05) is 24.3 Å². The van der Waals surface area contributed by atoms with Crippen molar-refractivity contribution in [3.63, 3.8) is 0 Å². The van der Waals surface area contributed by atoms with Crippen molar-refractivity contribution in [2.75, 3.05) is 12.4 Å². The van der Waals surface area contributed by atoms with Gasteiger partial charge in [0.05, 0.1) is 9.82 Å². The smallest absolute Gasteiger partial charge is 0.270 e. The number of rotatable bonds is 7. The molecular weight excluding hydrogens is 406 g/mol. The minimum atomic E-state index is -3.55. The van der Waals surface area contributed by atoms with E-state index in [0.717, 1.165) is 5.56 Å². The Morgan fingerprint density at radius 3 is 2.50 bits per heavy atom. The van der Waals surface area contributed by atoms with E-state index in [1.807, 2.05) is 13.0 Å². The summed E-state index contributed by atoms with van der Waals surface area (Å²) >= 11 is 0. The largest absolute Gasteiger partial charge is 0.363 e. The normalized spacial score (nSPS) is 12.4. The fourth-order valence-corrected chi connectivity index (χ4v) is 3.69. The van der Waals surface area contributed by atoms with Gasteiger partial charge in [-0.2, -0.15) is 0 Å². The second-order valence-corrected chi connectivity index (χ2v) is 8.56. The molecular formula is C20H21N5O4S. The third kappa shape index (κ3) is 4.78. The van der Waals surface area contributed by atoms with Gasteiger partial charge in [-0.3, -0.25) is 10.1 Å². The molecule has 0 bridgehead atoms. The van der Waals surface area contributed by atoms with Gasteiger partial charge in [0.25, 0.3) is 5.69 Å². The summed E-state index contributed by atoms with van der Waals surface area (Å²) in [5.41, 5.74) is 1.95. The maximum atomic E-state index is 12.1. The van der Waals surface area contributed by atoms with Crippen LogP contribution in [0.3, 0.4) is 0 Å². The Labute approximate surface area is 174 Å². The van der Waals surface area contributed by atoms with Crippen LogP contribution in [0.25, 0.3) is 11.4 Å². The molecule has 10 heteroatoms. The summed E-state index contributed by atoms with van der Waals surface area (Å²) in [4.78, 5) is 19.6. The molecule has 1 unspecified atom stereocenters. The Bertz CT molecular complexity index is 1200. The number of nitro benzene ring substituents is 1. The summed E-state index contributed by atoms with van der Waals surface area (Å²) in [6.07, 6.45) is 0. The van der Waals surface area contributed by atoms with Crippen LogP contribution in [0.5, 0.6) is 0 Å². The van der Waals surface area contributed by atoms with E-state index < -0.39 is 14.9 Å². The molecule has 0 saturated carbocycles. The average molecular weight is 427 g/mol. The number of nitrogens with one attached hydrogen (secondary N) is 2. The van der Waals surface area contributed by atoms with Gasteiger partial charge >= 0.3 is 0 Å². The first kappa shape index (κ1) is 21.3. The van der Waals surface area contributed by atoms with Gasteiger partial charge in [0, 0.05) is 35.5 Å². The lowest BCUT2D eigenvalue weighted by atomic mass is 10.1. The van der Waals surface area contributed by atoms with Crippen LogP contribution in [0.4, 0.5) is 11.5 Å². The van der Waals surface area contributed by atoms with Crippen molar-refractivity contribution in [1.29, 1.82) is 0 Å². The molecule has 30 heavy (non-hydrogen) atoms. The monoisotopic (exact) mass is 427 g/mol. The molecule has 2 N–H and O–H groups in total.